The van der Waals surface area contributed by atoms with Crippen molar-refractivity contribution >= 4 is 27.5 Å². The number of halogens is 1. The summed E-state index contributed by atoms with van der Waals surface area (Å²) in [6.07, 6.45) is 12.7. The van der Waals surface area contributed by atoms with Gasteiger partial charge in [-0.1, -0.05) is 6.92 Å². The van der Waals surface area contributed by atoms with Crippen molar-refractivity contribution in [2.45, 2.75) is 57.9 Å². The fourth-order valence-corrected chi connectivity index (χ4v) is 6.79. The summed E-state index contributed by atoms with van der Waals surface area (Å²) in [6, 6.07) is 2.03. The van der Waals surface area contributed by atoms with E-state index in [4.69, 9.17) is 0 Å². The molecule has 4 fully saturated rings. The fourth-order valence-electron chi connectivity index (χ4n) is 6.49. The molecule has 0 radical (unpaired) electrons. The Kier molecular flexibility index (Phi) is 3.89. The summed E-state index contributed by atoms with van der Waals surface area (Å²) in [6.45, 7) is 2.21. The highest BCUT2D eigenvalue weighted by Crippen LogP contribution is 2.61. The molecule has 0 spiro atoms. The van der Waals surface area contributed by atoms with Crippen molar-refractivity contribution in [2.24, 2.45) is 23.2 Å². The molecule has 2 heterocycles. The first-order chi connectivity index (χ1) is 12.5. The van der Waals surface area contributed by atoms with E-state index < -0.39 is 0 Å². The molecule has 6 rings (SSSR count). The summed E-state index contributed by atoms with van der Waals surface area (Å²) >= 11 is 3.40. The van der Waals surface area contributed by atoms with Crippen molar-refractivity contribution in [1.82, 2.24) is 19.9 Å². The molecule has 0 aromatic carbocycles. The first kappa shape index (κ1) is 16.7. The van der Waals surface area contributed by atoms with Crippen LogP contribution < -0.4 is 5.32 Å². The highest BCUT2D eigenvalue weighted by atomic mass is 79.9. The second kappa shape index (κ2) is 6.04. The van der Waals surface area contributed by atoms with Crippen molar-refractivity contribution in [3.63, 3.8) is 0 Å². The largest absolute Gasteiger partial charge is 0.347 e. The maximum Gasteiger partial charge on any atom is 0.272 e. The Hall–Kier alpha value is -1.43. The zero-order valence-electron chi connectivity index (χ0n) is 15.1. The zero-order valence-corrected chi connectivity index (χ0v) is 16.7. The predicted molar refractivity (Wildman–Crippen MR) is 103 cm³/mol. The number of fused-ring (bicyclic) bond motifs is 1. The molecule has 0 saturated heterocycles. The average Bonchev–Trinajstić information content (AvgIpc) is 3.01. The molecule has 0 aliphatic heterocycles. The molecule has 1 unspecified atom stereocenters. The molecule has 6 heteroatoms. The van der Waals surface area contributed by atoms with Gasteiger partial charge in [-0.3, -0.25) is 4.79 Å². The Morgan fingerprint density at radius 1 is 1.31 bits per heavy atom. The van der Waals surface area contributed by atoms with Gasteiger partial charge >= 0.3 is 0 Å². The normalized spacial score (nSPS) is 33.5. The molecule has 1 amide bonds. The molecule has 5 nitrogen and oxygen atoms in total. The van der Waals surface area contributed by atoms with Gasteiger partial charge in [0.2, 0.25) is 0 Å². The van der Waals surface area contributed by atoms with Gasteiger partial charge in [-0.2, -0.15) is 5.10 Å². The second-order valence-corrected chi connectivity index (χ2v) is 9.73. The number of carbonyl (C=O) groups is 1. The first-order valence-corrected chi connectivity index (χ1v) is 10.7. The molecule has 1 N–H and O–H groups in total. The summed E-state index contributed by atoms with van der Waals surface area (Å²) in [4.78, 5) is 17.2. The Balaban J connectivity index is 1.39. The van der Waals surface area contributed by atoms with Crippen LogP contribution in [0.5, 0.6) is 0 Å². The van der Waals surface area contributed by atoms with Gasteiger partial charge in [-0.05, 0) is 84.0 Å². The van der Waals surface area contributed by atoms with Crippen molar-refractivity contribution in [3.8, 4) is 0 Å². The number of amides is 1. The minimum absolute atomic E-state index is 0.0609. The number of hydrogen-bond acceptors (Lipinski definition) is 3. The minimum atomic E-state index is -0.0609. The topological polar surface area (TPSA) is 59.3 Å². The standard InChI is InChI=1S/C20H25BrN4O/c1-2-17(20-7-12-3-13(8-20)5-14(4-12)9-20)23-19(26)16-6-18-22-10-15(21)11-25(18)24-16/h6,10-14,17H,2-5,7-9H2,1H3,(H,23,26). The van der Waals surface area contributed by atoms with Gasteiger partial charge in [0.25, 0.3) is 5.91 Å². The predicted octanol–water partition coefficient (Wildman–Crippen LogP) is 4.22. The van der Waals surface area contributed by atoms with Crippen LogP contribution in [0.2, 0.25) is 0 Å². The monoisotopic (exact) mass is 416 g/mol. The number of nitrogens with one attached hydrogen (secondary N) is 1. The molecule has 4 saturated carbocycles. The van der Waals surface area contributed by atoms with Gasteiger partial charge in [0.1, 0.15) is 0 Å². The molecule has 138 valence electrons. The van der Waals surface area contributed by atoms with Crippen LogP contribution >= 0.6 is 15.9 Å². The second-order valence-electron chi connectivity index (χ2n) is 8.82. The molecule has 4 bridgehead atoms. The van der Waals surface area contributed by atoms with Gasteiger partial charge in [0, 0.05) is 24.5 Å². The molecule has 2 aromatic rings. The Morgan fingerprint density at radius 3 is 2.58 bits per heavy atom. The lowest BCUT2D eigenvalue weighted by Crippen LogP contribution is -2.56. The lowest BCUT2D eigenvalue weighted by Gasteiger charge is -2.59. The Morgan fingerprint density at radius 2 is 1.96 bits per heavy atom. The van der Waals surface area contributed by atoms with Gasteiger partial charge in [0.05, 0.1) is 4.47 Å². The maximum absolute atomic E-state index is 12.9. The average molecular weight is 417 g/mol. The van der Waals surface area contributed by atoms with Crippen LogP contribution in [-0.2, 0) is 0 Å². The van der Waals surface area contributed by atoms with E-state index in [0.29, 0.717) is 16.8 Å². The van der Waals surface area contributed by atoms with E-state index >= 15 is 0 Å². The highest BCUT2D eigenvalue weighted by molar-refractivity contribution is 9.10. The van der Waals surface area contributed by atoms with E-state index in [1.165, 1.54) is 38.5 Å². The van der Waals surface area contributed by atoms with E-state index in [-0.39, 0.29) is 11.9 Å². The highest BCUT2D eigenvalue weighted by Gasteiger charge is 2.54. The van der Waals surface area contributed by atoms with Crippen LogP contribution in [0, 0.1) is 23.2 Å². The van der Waals surface area contributed by atoms with Crippen LogP contribution in [0.3, 0.4) is 0 Å². The third-order valence-corrected chi connectivity index (χ3v) is 7.46. The van der Waals surface area contributed by atoms with E-state index in [2.05, 4.69) is 38.3 Å². The molecular formula is C20H25BrN4O. The number of hydrogen-bond donors (Lipinski definition) is 1. The number of carbonyl (C=O) groups excluding carboxylic acids is 1. The molecule has 2 aromatic heterocycles. The van der Waals surface area contributed by atoms with Gasteiger partial charge in [-0.15, -0.1) is 0 Å². The first-order valence-electron chi connectivity index (χ1n) is 9.86. The SMILES string of the molecule is CCC(NC(=O)c1cc2ncc(Br)cn2n1)C12CC3CC(CC(C3)C1)C2. The van der Waals surface area contributed by atoms with E-state index in [0.717, 1.165) is 28.6 Å². The van der Waals surface area contributed by atoms with Crippen molar-refractivity contribution in [2.75, 3.05) is 0 Å². The minimum Gasteiger partial charge on any atom is -0.347 e. The Labute approximate surface area is 162 Å². The molecule has 26 heavy (non-hydrogen) atoms. The van der Waals surface area contributed by atoms with Crippen molar-refractivity contribution < 1.29 is 4.79 Å². The molecule has 1 atom stereocenters. The molecular weight excluding hydrogens is 392 g/mol. The lowest BCUT2D eigenvalue weighted by molar-refractivity contribution is -0.0727. The van der Waals surface area contributed by atoms with Crippen LogP contribution in [0.4, 0.5) is 0 Å². The molecule has 4 aliphatic rings. The van der Waals surface area contributed by atoms with Crippen molar-refractivity contribution in [1.29, 1.82) is 0 Å². The molecule has 4 aliphatic carbocycles. The van der Waals surface area contributed by atoms with E-state index in [1.807, 2.05) is 6.20 Å². The zero-order chi connectivity index (χ0) is 17.9. The van der Waals surface area contributed by atoms with Gasteiger partial charge in [0.15, 0.2) is 11.3 Å². The Bertz CT molecular complexity index is 825. The third-order valence-electron chi connectivity index (χ3n) is 7.05. The smallest absolute Gasteiger partial charge is 0.272 e. The van der Waals surface area contributed by atoms with Crippen LogP contribution in [-0.4, -0.2) is 26.5 Å². The summed E-state index contributed by atoms with van der Waals surface area (Å²) < 4.78 is 2.50. The van der Waals surface area contributed by atoms with Crippen LogP contribution in [0.25, 0.3) is 5.65 Å². The third kappa shape index (κ3) is 2.68. The summed E-state index contributed by atoms with van der Waals surface area (Å²) in [5.74, 6) is 2.62. The lowest BCUT2D eigenvalue weighted by atomic mass is 9.47. The number of rotatable bonds is 4. The quantitative estimate of drug-likeness (QED) is 0.811. The van der Waals surface area contributed by atoms with Crippen LogP contribution in [0.15, 0.2) is 22.9 Å². The van der Waals surface area contributed by atoms with Gasteiger partial charge < -0.3 is 5.32 Å². The fraction of sp³-hybridized carbons (Fsp3) is 0.650. The van der Waals surface area contributed by atoms with Crippen LogP contribution in [0.1, 0.15) is 62.4 Å². The summed E-state index contributed by atoms with van der Waals surface area (Å²) in [5, 5.41) is 7.78. The summed E-state index contributed by atoms with van der Waals surface area (Å²) in [5.41, 5.74) is 1.47. The number of nitrogens with zero attached hydrogens (tertiary/aromatic N) is 3. The van der Waals surface area contributed by atoms with E-state index in [1.54, 1.807) is 16.8 Å². The number of aromatic nitrogens is 3. The summed E-state index contributed by atoms with van der Waals surface area (Å²) in [7, 11) is 0. The van der Waals surface area contributed by atoms with Gasteiger partial charge in [-0.25, -0.2) is 9.50 Å². The van der Waals surface area contributed by atoms with Crippen molar-refractivity contribution in [3.05, 3.63) is 28.6 Å². The maximum atomic E-state index is 12.9. The van der Waals surface area contributed by atoms with E-state index in [9.17, 15) is 4.79 Å².